The quantitative estimate of drug-likeness (QED) is 0.601. The fraction of sp³-hybridized carbons (Fsp3) is 0.824. The van der Waals surface area contributed by atoms with E-state index in [1.165, 1.54) is 0 Å². The molecule has 150 valence electrons. The molecular weight excluding hydrogens is 352 g/mol. The van der Waals surface area contributed by atoms with E-state index in [1.54, 1.807) is 16.5 Å². The van der Waals surface area contributed by atoms with E-state index in [4.69, 9.17) is 9.47 Å². The lowest BCUT2D eigenvalue weighted by Gasteiger charge is -2.34. The lowest BCUT2D eigenvalue weighted by atomic mass is 10.0. The van der Waals surface area contributed by atoms with Crippen molar-refractivity contribution in [1.29, 1.82) is 0 Å². The van der Waals surface area contributed by atoms with Gasteiger partial charge in [0.25, 0.3) is 0 Å². The van der Waals surface area contributed by atoms with Crippen LogP contribution in [-0.4, -0.2) is 87.4 Å². The van der Waals surface area contributed by atoms with Crippen LogP contribution in [0.5, 0.6) is 0 Å². The van der Waals surface area contributed by atoms with Gasteiger partial charge in [0.05, 0.1) is 32.9 Å². The summed E-state index contributed by atoms with van der Waals surface area (Å²) < 4.78 is 12.2. The van der Waals surface area contributed by atoms with Crippen molar-refractivity contribution in [3.8, 4) is 0 Å². The molecule has 3 heterocycles. The van der Waals surface area contributed by atoms with Gasteiger partial charge >= 0.3 is 5.97 Å². The lowest BCUT2D eigenvalue weighted by Crippen LogP contribution is -2.48. The molecule has 10 nitrogen and oxygen atoms in total. The van der Waals surface area contributed by atoms with E-state index in [1.807, 2.05) is 0 Å². The maximum atomic E-state index is 12.7. The van der Waals surface area contributed by atoms with Crippen LogP contribution < -0.4 is 0 Å². The average molecular weight is 380 g/mol. The van der Waals surface area contributed by atoms with Gasteiger partial charge in [0.2, 0.25) is 5.91 Å². The van der Waals surface area contributed by atoms with Crippen LogP contribution in [0.15, 0.2) is 0 Å². The number of rotatable bonds is 7. The largest absolute Gasteiger partial charge is 0.464 e. The number of ether oxygens (including phenoxy) is 2. The Hall–Kier alpha value is -2.07. The second-order valence-electron chi connectivity index (χ2n) is 6.81. The van der Waals surface area contributed by atoms with Gasteiger partial charge in [-0.1, -0.05) is 0 Å². The summed E-state index contributed by atoms with van der Waals surface area (Å²) in [6.07, 6.45) is 2.77. The van der Waals surface area contributed by atoms with Crippen molar-refractivity contribution in [2.45, 2.75) is 51.7 Å². The molecule has 2 aliphatic rings. The van der Waals surface area contributed by atoms with Crippen LogP contribution in [-0.2, 0) is 32.2 Å². The van der Waals surface area contributed by atoms with Crippen molar-refractivity contribution >= 4 is 11.9 Å². The Morgan fingerprint density at radius 3 is 2.81 bits per heavy atom. The topological polar surface area (TPSA) is 103 Å². The standard InChI is InChI=1S/C17H28N6O4/c1-2-27-17(25)14-5-3-4-7-22(14)16(24)6-8-23-15(18-19-20-23)13-21-9-11-26-12-10-21/h14H,2-13H2,1H3/t14-/m0/s1. The second kappa shape index (κ2) is 9.75. The Labute approximate surface area is 158 Å². The van der Waals surface area contributed by atoms with Crippen LogP contribution in [0.25, 0.3) is 0 Å². The van der Waals surface area contributed by atoms with Crippen molar-refractivity contribution in [2.75, 3.05) is 39.5 Å². The Morgan fingerprint density at radius 1 is 1.22 bits per heavy atom. The van der Waals surface area contributed by atoms with Gasteiger partial charge in [-0.2, -0.15) is 0 Å². The number of hydrogen-bond donors (Lipinski definition) is 0. The molecule has 0 radical (unpaired) electrons. The molecule has 2 saturated heterocycles. The molecule has 0 bridgehead atoms. The summed E-state index contributed by atoms with van der Waals surface area (Å²) in [5, 5.41) is 11.9. The maximum absolute atomic E-state index is 12.7. The molecule has 0 N–H and O–H groups in total. The molecule has 2 aliphatic heterocycles. The smallest absolute Gasteiger partial charge is 0.328 e. The summed E-state index contributed by atoms with van der Waals surface area (Å²) in [6, 6.07) is -0.465. The number of aryl methyl sites for hydroxylation is 1. The first kappa shape index (κ1) is 19.7. The zero-order chi connectivity index (χ0) is 19.1. The number of likely N-dealkylation sites (tertiary alicyclic amines) is 1. The Morgan fingerprint density at radius 2 is 2.04 bits per heavy atom. The van der Waals surface area contributed by atoms with Crippen molar-refractivity contribution in [1.82, 2.24) is 30.0 Å². The van der Waals surface area contributed by atoms with Crippen molar-refractivity contribution in [2.24, 2.45) is 0 Å². The number of hydrogen-bond acceptors (Lipinski definition) is 8. The molecule has 10 heteroatoms. The Kier molecular flexibility index (Phi) is 7.11. The van der Waals surface area contributed by atoms with Gasteiger partial charge in [0.15, 0.2) is 5.82 Å². The number of amides is 1. The molecule has 1 atom stereocenters. The molecule has 0 aliphatic carbocycles. The highest BCUT2D eigenvalue weighted by atomic mass is 16.5. The minimum atomic E-state index is -0.465. The number of aromatic nitrogens is 4. The summed E-state index contributed by atoms with van der Waals surface area (Å²) >= 11 is 0. The summed E-state index contributed by atoms with van der Waals surface area (Å²) in [6.45, 7) is 6.86. The zero-order valence-electron chi connectivity index (χ0n) is 15.9. The predicted octanol–water partition coefficient (Wildman–Crippen LogP) is -0.160. The Balaban J connectivity index is 1.55. The molecule has 0 aromatic carbocycles. The first-order valence-electron chi connectivity index (χ1n) is 9.70. The van der Waals surface area contributed by atoms with Gasteiger partial charge in [-0.05, 0) is 36.6 Å². The summed E-state index contributed by atoms with van der Waals surface area (Å²) in [4.78, 5) is 28.8. The third-order valence-corrected chi connectivity index (χ3v) is 4.99. The number of nitrogens with zero attached hydrogens (tertiary/aromatic N) is 6. The molecule has 3 rings (SSSR count). The first-order chi connectivity index (χ1) is 13.2. The summed E-state index contributed by atoms with van der Waals surface area (Å²) in [5.41, 5.74) is 0. The first-order valence-corrected chi connectivity index (χ1v) is 9.70. The minimum absolute atomic E-state index is 0.0550. The van der Waals surface area contributed by atoms with Crippen LogP contribution in [0, 0.1) is 0 Å². The lowest BCUT2D eigenvalue weighted by molar-refractivity contribution is -0.156. The van der Waals surface area contributed by atoms with E-state index >= 15 is 0 Å². The number of carbonyl (C=O) groups excluding carboxylic acids is 2. The molecule has 27 heavy (non-hydrogen) atoms. The number of esters is 1. The molecule has 2 fully saturated rings. The Bertz CT molecular complexity index is 631. The fourth-order valence-corrected chi connectivity index (χ4v) is 3.53. The number of tetrazole rings is 1. The second-order valence-corrected chi connectivity index (χ2v) is 6.81. The molecule has 0 saturated carbocycles. The van der Waals surface area contributed by atoms with Crippen molar-refractivity contribution in [3.05, 3.63) is 5.82 Å². The zero-order valence-corrected chi connectivity index (χ0v) is 15.9. The highest BCUT2D eigenvalue weighted by Gasteiger charge is 2.33. The minimum Gasteiger partial charge on any atom is -0.464 e. The predicted molar refractivity (Wildman–Crippen MR) is 94.5 cm³/mol. The molecule has 0 unspecified atom stereocenters. The number of piperidine rings is 1. The van der Waals surface area contributed by atoms with E-state index in [2.05, 4.69) is 20.4 Å². The van der Waals surface area contributed by atoms with Crippen molar-refractivity contribution in [3.63, 3.8) is 0 Å². The maximum Gasteiger partial charge on any atom is 0.328 e. The van der Waals surface area contributed by atoms with Crippen LogP contribution in [0.1, 0.15) is 38.4 Å². The third-order valence-electron chi connectivity index (χ3n) is 4.99. The van der Waals surface area contributed by atoms with Gasteiger partial charge in [0.1, 0.15) is 6.04 Å². The van der Waals surface area contributed by atoms with Gasteiger partial charge < -0.3 is 14.4 Å². The molecule has 1 aromatic heterocycles. The van der Waals surface area contributed by atoms with E-state index in [0.717, 1.165) is 31.8 Å². The van der Waals surface area contributed by atoms with Crippen LogP contribution in [0.3, 0.4) is 0 Å². The van der Waals surface area contributed by atoms with Crippen LogP contribution in [0.4, 0.5) is 0 Å². The highest BCUT2D eigenvalue weighted by Crippen LogP contribution is 2.19. The third kappa shape index (κ3) is 5.23. The molecule has 1 aromatic rings. The molecule has 0 spiro atoms. The summed E-state index contributed by atoms with van der Waals surface area (Å²) in [7, 11) is 0. The number of morpholine rings is 1. The van der Waals surface area contributed by atoms with E-state index in [0.29, 0.717) is 45.9 Å². The van der Waals surface area contributed by atoms with Crippen LogP contribution in [0.2, 0.25) is 0 Å². The average Bonchev–Trinajstić information content (AvgIpc) is 3.14. The monoisotopic (exact) mass is 380 g/mol. The van der Waals surface area contributed by atoms with E-state index in [-0.39, 0.29) is 18.3 Å². The summed E-state index contributed by atoms with van der Waals surface area (Å²) in [5.74, 6) is 0.381. The fourth-order valence-electron chi connectivity index (χ4n) is 3.53. The highest BCUT2D eigenvalue weighted by molar-refractivity contribution is 5.84. The SMILES string of the molecule is CCOC(=O)[C@@H]1CCCCN1C(=O)CCn1nnnc1CN1CCOCC1. The molecule has 1 amide bonds. The molecular formula is C17H28N6O4. The van der Waals surface area contributed by atoms with Gasteiger partial charge in [-0.25, -0.2) is 9.48 Å². The number of carbonyl (C=O) groups is 2. The van der Waals surface area contributed by atoms with E-state index < -0.39 is 6.04 Å². The van der Waals surface area contributed by atoms with Gasteiger partial charge in [0, 0.05) is 26.1 Å². The van der Waals surface area contributed by atoms with Gasteiger partial charge in [-0.3, -0.25) is 9.69 Å². The van der Waals surface area contributed by atoms with Crippen molar-refractivity contribution < 1.29 is 19.1 Å². The normalized spacial score (nSPS) is 21.2. The van der Waals surface area contributed by atoms with Crippen LogP contribution >= 0.6 is 0 Å². The van der Waals surface area contributed by atoms with E-state index in [9.17, 15) is 9.59 Å². The van der Waals surface area contributed by atoms with Gasteiger partial charge in [-0.15, -0.1) is 5.10 Å².